The molecule has 1 N–H and O–H groups in total. The highest BCUT2D eigenvalue weighted by molar-refractivity contribution is 5.73. The van der Waals surface area contributed by atoms with E-state index in [1.54, 1.807) is 28.0 Å². The van der Waals surface area contributed by atoms with Gasteiger partial charge in [0.15, 0.2) is 11.2 Å². The fraction of sp³-hybridized carbons (Fsp3) is 0.444. The molecule has 0 fully saturated rings. The Morgan fingerprint density at radius 2 is 1.80 bits per heavy atom. The summed E-state index contributed by atoms with van der Waals surface area (Å²) in [6.07, 6.45) is 8.12. The number of ether oxygens (including phenoxy) is 3. The van der Waals surface area contributed by atoms with Gasteiger partial charge < -0.3 is 19.5 Å². The highest BCUT2D eigenvalue weighted by Gasteiger charge is 2.16. The largest absolute Gasteiger partial charge is 0.494 e. The Hall–Kier alpha value is -4.55. The van der Waals surface area contributed by atoms with Crippen LogP contribution in [0.2, 0.25) is 0 Å². The van der Waals surface area contributed by atoms with E-state index < -0.39 is 5.60 Å². The lowest BCUT2D eigenvalue weighted by Crippen LogP contribution is -2.23. The summed E-state index contributed by atoms with van der Waals surface area (Å²) < 4.78 is 19.0. The van der Waals surface area contributed by atoms with Gasteiger partial charge in [-0.1, -0.05) is 5.21 Å². The van der Waals surface area contributed by atoms with Crippen molar-refractivity contribution in [3.63, 3.8) is 0 Å². The van der Waals surface area contributed by atoms with Gasteiger partial charge in [-0.05, 0) is 64.3 Å². The van der Waals surface area contributed by atoms with Gasteiger partial charge in [-0.15, -0.1) is 5.10 Å². The number of methoxy groups -OCH3 is 1. The third-order valence-electron chi connectivity index (χ3n) is 5.65. The third kappa shape index (κ3) is 8.22. The Labute approximate surface area is 231 Å². The Balaban J connectivity index is 1.27. The van der Waals surface area contributed by atoms with Gasteiger partial charge in [0.2, 0.25) is 5.95 Å². The summed E-state index contributed by atoms with van der Waals surface area (Å²) in [5.74, 6) is 0.663. The van der Waals surface area contributed by atoms with E-state index in [0.717, 1.165) is 30.7 Å². The third-order valence-corrected chi connectivity index (χ3v) is 5.65. The predicted molar refractivity (Wildman–Crippen MR) is 146 cm³/mol. The molecule has 0 radical (unpaired) electrons. The second-order valence-corrected chi connectivity index (χ2v) is 10.1. The van der Waals surface area contributed by atoms with E-state index in [9.17, 15) is 9.59 Å². The lowest BCUT2D eigenvalue weighted by atomic mass is 10.1. The molecule has 4 aromatic rings. The van der Waals surface area contributed by atoms with Crippen LogP contribution in [-0.2, 0) is 25.6 Å². The van der Waals surface area contributed by atoms with Gasteiger partial charge in [-0.2, -0.15) is 14.8 Å². The molecular weight excluding hydrogens is 516 g/mol. The average molecular weight is 551 g/mol. The van der Waals surface area contributed by atoms with E-state index in [-0.39, 0.29) is 18.4 Å². The van der Waals surface area contributed by atoms with E-state index >= 15 is 0 Å². The lowest BCUT2D eigenvalue weighted by Gasteiger charge is -2.19. The summed E-state index contributed by atoms with van der Waals surface area (Å²) >= 11 is 0. The summed E-state index contributed by atoms with van der Waals surface area (Å²) in [5, 5.41) is 15.8. The summed E-state index contributed by atoms with van der Waals surface area (Å²) in [7, 11) is 1.35. The fourth-order valence-corrected chi connectivity index (χ4v) is 3.75. The first-order chi connectivity index (χ1) is 19.2. The normalized spacial score (nSPS) is 11.4. The second-order valence-electron chi connectivity index (χ2n) is 10.1. The minimum atomic E-state index is -0.445. The number of carbonyl (C=O) groups is 2. The molecule has 0 atom stereocenters. The SMILES string of the molecule is COC(=O)CCn1cc(-n2nnc3cnc(Nc4ccc(OCCCCCC(=O)OC(C)(C)C)cc4)nc32)cn1. The van der Waals surface area contributed by atoms with Crippen molar-refractivity contribution in [1.82, 2.24) is 34.7 Å². The zero-order valence-corrected chi connectivity index (χ0v) is 23.2. The number of hydrogen-bond acceptors (Lipinski definition) is 11. The molecule has 0 bridgehead atoms. The van der Waals surface area contributed by atoms with Crippen LogP contribution < -0.4 is 10.1 Å². The number of aryl methyl sites for hydroxylation is 1. The average Bonchev–Trinajstić information content (AvgIpc) is 3.56. The number of fused-ring (bicyclic) bond motifs is 1. The summed E-state index contributed by atoms with van der Waals surface area (Å²) in [5.41, 5.74) is 2.04. The maximum atomic E-state index is 11.8. The minimum absolute atomic E-state index is 0.163. The van der Waals surface area contributed by atoms with Crippen molar-refractivity contribution >= 4 is 34.7 Å². The number of esters is 2. The van der Waals surface area contributed by atoms with E-state index in [0.29, 0.717) is 42.4 Å². The molecule has 13 heteroatoms. The minimum Gasteiger partial charge on any atom is -0.494 e. The van der Waals surface area contributed by atoms with Crippen molar-refractivity contribution in [2.24, 2.45) is 0 Å². The molecule has 0 spiro atoms. The number of aromatic nitrogens is 7. The van der Waals surface area contributed by atoms with Crippen molar-refractivity contribution in [2.75, 3.05) is 19.0 Å². The molecule has 13 nitrogen and oxygen atoms in total. The van der Waals surface area contributed by atoms with Crippen molar-refractivity contribution < 1.29 is 23.8 Å². The first-order valence-corrected chi connectivity index (χ1v) is 13.1. The number of hydrogen-bond donors (Lipinski definition) is 1. The molecule has 3 heterocycles. The van der Waals surface area contributed by atoms with Crippen LogP contribution in [0.3, 0.4) is 0 Å². The fourth-order valence-electron chi connectivity index (χ4n) is 3.75. The van der Waals surface area contributed by atoms with Crippen molar-refractivity contribution in [2.45, 2.75) is 65.0 Å². The Kier molecular flexibility index (Phi) is 9.25. The molecule has 212 valence electrons. The van der Waals surface area contributed by atoms with Crippen LogP contribution in [0, 0.1) is 0 Å². The molecule has 1 aromatic carbocycles. The molecule has 4 rings (SSSR count). The Morgan fingerprint density at radius 3 is 2.55 bits per heavy atom. The molecule has 0 amide bonds. The number of anilines is 2. The number of rotatable bonds is 13. The topological polar surface area (TPSA) is 148 Å². The van der Waals surface area contributed by atoms with Crippen molar-refractivity contribution in [3.05, 3.63) is 42.9 Å². The maximum absolute atomic E-state index is 11.8. The van der Waals surface area contributed by atoms with Crippen molar-refractivity contribution in [1.29, 1.82) is 0 Å². The van der Waals surface area contributed by atoms with Gasteiger partial charge in [-0.3, -0.25) is 14.3 Å². The summed E-state index contributed by atoms with van der Waals surface area (Å²) in [6, 6.07) is 7.50. The zero-order chi connectivity index (χ0) is 28.5. The predicted octanol–water partition coefficient (Wildman–Crippen LogP) is 3.99. The zero-order valence-electron chi connectivity index (χ0n) is 23.2. The molecule has 0 saturated carbocycles. The molecule has 0 unspecified atom stereocenters. The van der Waals surface area contributed by atoms with Gasteiger partial charge in [0.05, 0.1) is 45.3 Å². The van der Waals surface area contributed by atoms with Gasteiger partial charge in [0, 0.05) is 12.1 Å². The highest BCUT2D eigenvalue weighted by Crippen LogP contribution is 2.21. The van der Waals surface area contributed by atoms with Crippen LogP contribution in [0.4, 0.5) is 11.6 Å². The van der Waals surface area contributed by atoms with Gasteiger partial charge in [-0.25, -0.2) is 4.98 Å². The summed E-state index contributed by atoms with van der Waals surface area (Å²) in [6.45, 7) is 6.56. The molecule has 3 aromatic heterocycles. The molecule has 0 aliphatic rings. The van der Waals surface area contributed by atoms with Crippen LogP contribution in [0.5, 0.6) is 5.75 Å². The molecule has 0 saturated heterocycles. The first-order valence-electron chi connectivity index (χ1n) is 13.1. The van der Waals surface area contributed by atoms with Gasteiger partial charge in [0.25, 0.3) is 0 Å². The smallest absolute Gasteiger partial charge is 0.307 e. The molecular formula is C27H34N8O5. The molecule has 40 heavy (non-hydrogen) atoms. The van der Waals surface area contributed by atoms with E-state index in [1.165, 1.54) is 7.11 Å². The number of carbonyl (C=O) groups excluding carboxylic acids is 2. The maximum Gasteiger partial charge on any atom is 0.307 e. The Bertz CT molecular complexity index is 1420. The van der Waals surface area contributed by atoms with Crippen LogP contribution in [0.15, 0.2) is 42.9 Å². The number of unbranched alkanes of at least 4 members (excludes halogenated alkanes) is 2. The lowest BCUT2D eigenvalue weighted by molar-refractivity contribution is -0.155. The quantitative estimate of drug-likeness (QED) is 0.190. The van der Waals surface area contributed by atoms with E-state index in [4.69, 9.17) is 9.47 Å². The van der Waals surface area contributed by atoms with Crippen LogP contribution >= 0.6 is 0 Å². The first kappa shape index (κ1) is 28.5. The van der Waals surface area contributed by atoms with Crippen LogP contribution in [0.25, 0.3) is 16.9 Å². The standard InChI is InChI=1S/C27H34N8O5/c1-27(2,3)40-24(37)8-6-5-7-15-39-21-11-9-19(10-12-21)30-26-28-17-22-25(31-26)35(33-32-22)20-16-29-34(18-20)14-13-23(36)38-4/h9-12,16-18H,5-8,13-15H2,1-4H3,(H,28,30,31). The van der Waals surface area contributed by atoms with E-state index in [2.05, 4.69) is 35.4 Å². The summed E-state index contributed by atoms with van der Waals surface area (Å²) in [4.78, 5) is 32.1. The van der Waals surface area contributed by atoms with Gasteiger partial charge >= 0.3 is 11.9 Å². The Morgan fingerprint density at radius 1 is 1.00 bits per heavy atom. The van der Waals surface area contributed by atoms with Crippen molar-refractivity contribution in [3.8, 4) is 11.4 Å². The number of nitrogens with one attached hydrogen (secondary N) is 1. The van der Waals surface area contributed by atoms with Gasteiger partial charge in [0.1, 0.15) is 17.0 Å². The van der Waals surface area contributed by atoms with E-state index in [1.807, 2.05) is 45.0 Å². The monoisotopic (exact) mass is 550 g/mol. The second kappa shape index (κ2) is 13.0. The molecule has 0 aliphatic heterocycles. The molecule has 0 aliphatic carbocycles. The van der Waals surface area contributed by atoms with Crippen LogP contribution in [-0.4, -0.2) is 66.0 Å². The highest BCUT2D eigenvalue weighted by atomic mass is 16.6. The number of nitrogens with zero attached hydrogens (tertiary/aromatic N) is 7. The van der Waals surface area contributed by atoms with Crippen LogP contribution in [0.1, 0.15) is 52.9 Å². The number of benzene rings is 1.